The van der Waals surface area contributed by atoms with Gasteiger partial charge in [0.2, 0.25) is 0 Å². The summed E-state index contributed by atoms with van der Waals surface area (Å²) < 4.78 is 0. The van der Waals surface area contributed by atoms with Crippen molar-refractivity contribution in [2.75, 3.05) is 0 Å². The lowest BCUT2D eigenvalue weighted by molar-refractivity contribution is 0.306. The van der Waals surface area contributed by atoms with Gasteiger partial charge in [-0.3, -0.25) is 4.98 Å². The molecule has 19 heavy (non-hydrogen) atoms. The van der Waals surface area contributed by atoms with Crippen molar-refractivity contribution in [3.63, 3.8) is 0 Å². The van der Waals surface area contributed by atoms with Crippen LogP contribution >= 0.6 is 0 Å². The number of hydrogen-bond donors (Lipinski definition) is 0. The average molecular weight is 257 g/mol. The SMILES string of the molecule is CC(C)[C@@H]1CC[C@@H](C)C/C1=C\[C@@H](C)c1cccnc1. The van der Waals surface area contributed by atoms with Crippen LogP contribution in [-0.4, -0.2) is 4.98 Å². The fourth-order valence-corrected chi connectivity index (χ4v) is 3.32. The summed E-state index contributed by atoms with van der Waals surface area (Å²) in [5.74, 6) is 2.88. The van der Waals surface area contributed by atoms with E-state index in [2.05, 4.69) is 44.8 Å². The number of pyridine rings is 1. The van der Waals surface area contributed by atoms with Crippen molar-refractivity contribution in [2.45, 2.75) is 52.9 Å². The highest BCUT2D eigenvalue weighted by Crippen LogP contribution is 2.38. The van der Waals surface area contributed by atoms with Gasteiger partial charge in [-0.15, -0.1) is 0 Å². The van der Waals surface area contributed by atoms with Gasteiger partial charge < -0.3 is 0 Å². The predicted octanol–water partition coefficient (Wildman–Crippen LogP) is 5.20. The van der Waals surface area contributed by atoms with Gasteiger partial charge >= 0.3 is 0 Å². The number of nitrogens with zero attached hydrogens (tertiary/aromatic N) is 1. The lowest BCUT2D eigenvalue weighted by atomic mass is 9.73. The first-order valence-corrected chi connectivity index (χ1v) is 7.68. The zero-order valence-corrected chi connectivity index (χ0v) is 12.8. The molecule has 1 heterocycles. The Kier molecular flexibility index (Phi) is 4.79. The number of allylic oxidation sites excluding steroid dienone is 2. The molecule has 0 N–H and O–H groups in total. The largest absolute Gasteiger partial charge is 0.264 e. The van der Waals surface area contributed by atoms with Crippen LogP contribution in [0.25, 0.3) is 0 Å². The molecule has 0 aromatic carbocycles. The lowest BCUT2D eigenvalue weighted by Gasteiger charge is -2.33. The zero-order chi connectivity index (χ0) is 13.8. The molecule has 1 fully saturated rings. The highest BCUT2D eigenvalue weighted by atomic mass is 14.6. The Labute approximate surface area is 118 Å². The van der Waals surface area contributed by atoms with Crippen molar-refractivity contribution in [2.24, 2.45) is 17.8 Å². The van der Waals surface area contributed by atoms with E-state index in [1.165, 1.54) is 24.8 Å². The van der Waals surface area contributed by atoms with Crippen molar-refractivity contribution < 1.29 is 0 Å². The van der Waals surface area contributed by atoms with Crippen LogP contribution in [0.15, 0.2) is 36.2 Å². The van der Waals surface area contributed by atoms with E-state index in [4.69, 9.17) is 0 Å². The topological polar surface area (TPSA) is 12.9 Å². The van der Waals surface area contributed by atoms with Crippen molar-refractivity contribution in [3.05, 3.63) is 41.7 Å². The molecule has 104 valence electrons. The second-order valence-electron chi connectivity index (χ2n) is 6.55. The van der Waals surface area contributed by atoms with Crippen molar-refractivity contribution >= 4 is 0 Å². The summed E-state index contributed by atoms with van der Waals surface area (Å²) in [6.45, 7) is 9.41. The highest BCUT2D eigenvalue weighted by molar-refractivity contribution is 5.23. The van der Waals surface area contributed by atoms with Crippen molar-refractivity contribution in [3.8, 4) is 0 Å². The van der Waals surface area contributed by atoms with Crippen molar-refractivity contribution in [1.29, 1.82) is 0 Å². The Hall–Kier alpha value is -1.11. The van der Waals surface area contributed by atoms with Gasteiger partial charge in [-0.1, -0.05) is 45.4 Å². The zero-order valence-electron chi connectivity index (χ0n) is 12.8. The minimum absolute atomic E-state index is 0.482. The smallest absolute Gasteiger partial charge is 0.0305 e. The summed E-state index contributed by atoms with van der Waals surface area (Å²) in [5.41, 5.74) is 3.01. The molecule has 1 aromatic rings. The first-order chi connectivity index (χ1) is 9.08. The minimum atomic E-state index is 0.482. The first-order valence-electron chi connectivity index (χ1n) is 7.68. The Balaban J connectivity index is 2.18. The molecular weight excluding hydrogens is 230 g/mol. The molecule has 1 heteroatoms. The first kappa shape index (κ1) is 14.3. The van der Waals surface area contributed by atoms with Gasteiger partial charge in [0.15, 0.2) is 0 Å². The Bertz CT molecular complexity index is 419. The van der Waals surface area contributed by atoms with Crippen LogP contribution < -0.4 is 0 Å². The maximum Gasteiger partial charge on any atom is 0.0305 e. The summed E-state index contributed by atoms with van der Waals surface area (Å²) in [7, 11) is 0. The van der Waals surface area contributed by atoms with E-state index in [0.717, 1.165) is 17.8 Å². The predicted molar refractivity (Wildman–Crippen MR) is 82.1 cm³/mol. The van der Waals surface area contributed by atoms with Gasteiger partial charge in [0.25, 0.3) is 0 Å². The van der Waals surface area contributed by atoms with Crippen LogP contribution in [-0.2, 0) is 0 Å². The van der Waals surface area contributed by atoms with Crippen LogP contribution in [0.3, 0.4) is 0 Å². The Morgan fingerprint density at radius 2 is 2.05 bits per heavy atom. The monoisotopic (exact) mass is 257 g/mol. The molecular formula is C18H27N. The normalized spacial score (nSPS) is 27.7. The van der Waals surface area contributed by atoms with Crippen LogP contribution in [0.4, 0.5) is 0 Å². The number of hydrogen-bond acceptors (Lipinski definition) is 1. The molecule has 0 saturated heterocycles. The number of aromatic nitrogens is 1. The summed E-state index contributed by atoms with van der Waals surface area (Å²) in [6.07, 6.45) is 10.4. The minimum Gasteiger partial charge on any atom is -0.264 e. The molecule has 0 unspecified atom stereocenters. The summed E-state index contributed by atoms with van der Waals surface area (Å²) in [6, 6.07) is 4.22. The quantitative estimate of drug-likeness (QED) is 0.678. The summed E-state index contributed by atoms with van der Waals surface area (Å²) >= 11 is 0. The molecule has 1 aromatic heterocycles. The summed E-state index contributed by atoms with van der Waals surface area (Å²) in [4.78, 5) is 4.24. The van der Waals surface area contributed by atoms with E-state index in [1.807, 2.05) is 18.5 Å². The fraction of sp³-hybridized carbons (Fsp3) is 0.611. The van der Waals surface area contributed by atoms with Crippen LogP contribution in [0.5, 0.6) is 0 Å². The molecule has 1 nitrogen and oxygen atoms in total. The molecule has 2 rings (SSSR count). The van der Waals surface area contributed by atoms with E-state index in [0.29, 0.717) is 5.92 Å². The second kappa shape index (κ2) is 6.36. The van der Waals surface area contributed by atoms with Gasteiger partial charge in [0.05, 0.1) is 0 Å². The van der Waals surface area contributed by atoms with Crippen LogP contribution in [0.2, 0.25) is 0 Å². The van der Waals surface area contributed by atoms with Crippen LogP contribution in [0, 0.1) is 17.8 Å². The second-order valence-corrected chi connectivity index (χ2v) is 6.55. The molecule has 0 amide bonds. The molecule has 0 radical (unpaired) electrons. The molecule has 1 aliphatic rings. The maximum absolute atomic E-state index is 4.24. The third-order valence-electron chi connectivity index (χ3n) is 4.51. The van der Waals surface area contributed by atoms with E-state index in [9.17, 15) is 0 Å². The molecule has 3 atom stereocenters. The molecule has 1 saturated carbocycles. The third-order valence-corrected chi connectivity index (χ3v) is 4.51. The van der Waals surface area contributed by atoms with Gasteiger partial charge in [-0.2, -0.15) is 0 Å². The van der Waals surface area contributed by atoms with Crippen molar-refractivity contribution in [1.82, 2.24) is 4.98 Å². The molecule has 1 aliphatic carbocycles. The van der Waals surface area contributed by atoms with Gasteiger partial charge in [-0.05, 0) is 48.6 Å². The van der Waals surface area contributed by atoms with E-state index >= 15 is 0 Å². The standard InChI is InChI=1S/C18H27N/c1-13(2)18-8-7-14(3)10-17(18)11-15(4)16-6-5-9-19-12-16/h5-6,9,11-15,18H,7-8,10H2,1-4H3/b17-11+/t14-,15-,18+/m1/s1. The fourth-order valence-electron chi connectivity index (χ4n) is 3.32. The van der Waals surface area contributed by atoms with Gasteiger partial charge in [0.1, 0.15) is 0 Å². The maximum atomic E-state index is 4.24. The van der Waals surface area contributed by atoms with E-state index < -0.39 is 0 Å². The average Bonchev–Trinajstić information content (AvgIpc) is 2.39. The number of rotatable bonds is 3. The summed E-state index contributed by atoms with van der Waals surface area (Å²) in [5, 5.41) is 0. The van der Waals surface area contributed by atoms with E-state index in [1.54, 1.807) is 5.57 Å². The van der Waals surface area contributed by atoms with Crippen LogP contribution in [0.1, 0.15) is 58.4 Å². The van der Waals surface area contributed by atoms with Gasteiger partial charge in [0, 0.05) is 18.3 Å². The lowest BCUT2D eigenvalue weighted by Crippen LogP contribution is -2.20. The van der Waals surface area contributed by atoms with Gasteiger partial charge in [-0.25, -0.2) is 0 Å². The molecule has 0 aliphatic heterocycles. The molecule has 0 spiro atoms. The molecule has 0 bridgehead atoms. The van der Waals surface area contributed by atoms with E-state index in [-0.39, 0.29) is 0 Å². The third kappa shape index (κ3) is 3.68. The Morgan fingerprint density at radius 1 is 1.26 bits per heavy atom. The highest BCUT2D eigenvalue weighted by Gasteiger charge is 2.25. The Morgan fingerprint density at radius 3 is 2.68 bits per heavy atom.